The number of carboxylic acid groups (broad SMARTS) is 1. The van der Waals surface area contributed by atoms with Crippen LogP contribution in [0.5, 0.6) is 0 Å². The number of hydrogen-bond donors (Lipinski definition) is 3. The van der Waals surface area contributed by atoms with Crippen molar-refractivity contribution in [3.63, 3.8) is 0 Å². The van der Waals surface area contributed by atoms with Crippen molar-refractivity contribution < 1.29 is 14.7 Å². The number of fused-ring (bicyclic) bond motifs is 1. The standard InChI is InChI=1S/C10H11N3O3/c1-13-7-5(4-11-6(7)8(14)15)12-9(16)10(13)2-3-10/h4,11H,2-3H2,1H3,(H,12,16)(H,14,15). The molecule has 1 spiro atoms. The summed E-state index contributed by atoms with van der Waals surface area (Å²) in [5.74, 6) is -1.06. The van der Waals surface area contributed by atoms with Crippen molar-refractivity contribution in [2.24, 2.45) is 0 Å². The quantitative estimate of drug-likeness (QED) is 0.649. The SMILES string of the molecule is CN1c2c(c[nH]c2C(=O)O)NC(=O)C12CC2. The molecule has 84 valence electrons. The molecule has 1 aromatic heterocycles. The molecule has 6 heteroatoms. The van der Waals surface area contributed by atoms with Gasteiger partial charge < -0.3 is 20.3 Å². The lowest BCUT2D eigenvalue weighted by Gasteiger charge is -2.34. The molecule has 1 saturated carbocycles. The predicted molar refractivity (Wildman–Crippen MR) is 56.7 cm³/mol. The van der Waals surface area contributed by atoms with Crippen LogP contribution in [0.25, 0.3) is 0 Å². The van der Waals surface area contributed by atoms with Crippen molar-refractivity contribution in [1.82, 2.24) is 4.98 Å². The number of nitrogens with zero attached hydrogens (tertiary/aromatic N) is 1. The Labute approximate surface area is 91.2 Å². The fourth-order valence-corrected chi connectivity index (χ4v) is 2.31. The summed E-state index contributed by atoms with van der Waals surface area (Å²) in [7, 11) is 1.77. The lowest BCUT2D eigenvalue weighted by Crippen LogP contribution is -2.48. The monoisotopic (exact) mass is 221 g/mol. The largest absolute Gasteiger partial charge is 0.477 e. The molecule has 0 radical (unpaired) electrons. The zero-order valence-electron chi connectivity index (χ0n) is 8.70. The van der Waals surface area contributed by atoms with E-state index < -0.39 is 11.5 Å². The summed E-state index contributed by atoms with van der Waals surface area (Å²) in [5.41, 5.74) is 0.732. The average Bonchev–Trinajstić information content (AvgIpc) is 2.91. The van der Waals surface area contributed by atoms with Gasteiger partial charge in [-0.3, -0.25) is 4.79 Å². The van der Waals surface area contributed by atoms with E-state index in [1.165, 1.54) is 6.20 Å². The number of carbonyl (C=O) groups is 2. The molecule has 16 heavy (non-hydrogen) atoms. The Bertz CT molecular complexity index is 501. The zero-order chi connectivity index (χ0) is 11.5. The third-order valence-electron chi connectivity index (χ3n) is 3.44. The number of carbonyl (C=O) groups excluding carboxylic acids is 1. The summed E-state index contributed by atoms with van der Waals surface area (Å²) < 4.78 is 0. The molecule has 3 rings (SSSR count). The third kappa shape index (κ3) is 0.911. The van der Waals surface area contributed by atoms with Gasteiger partial charge in [0.15, 0.2) is 5.69 Å². The highest BCUT2D eigenvalue weighted by Gasteiger charge is 2.57. The summed E-state index contributed by atoms with van der Waals surface area (Å²) >= 11 is 0. The molecule has 1 aromatic rings. The van der Waals surface area contributed by atoms with Crippen LogP contribution >= 0.6 is 0 Å². The van der Waals surface area contributed by atoms with Crippen LogP contribution in [-0.4, -0.2) is 34.6 Å². The fraction of sp³-hybridized carbons (Fsp3) is 0.400. The maximum Gasteiger partial charge on any atom is 0.354 e. The van der Waals surface area contributed by atoms with E-state index in [-0.39, 0.29) is 11.6 Å². The lowest BCUT2D eigenvalue weighted by atomic mass is 10.1. The van der Waals surface area contributed by atoms with Gasteiger partial charge in [-0.15, -0.1) is 0 Å². The molecule has 0 unspecified atom stereocenters. The second-order valence-electron chi connectivity index (χ2n) is 4.28. The Morgan fingerprint density at radius 3 is 2.81 bits per heavy atom. The topological polar surface area (TPSA) is 85.4 Å². The highest BCUT2D eigenvalue weighted by molar-refractivity contribution is 6.11. The van der Waals surface area contributed by atoms with Crippen molar-refractivity contribution >= 4 is 23.3 Å². The van der Waals surface area contributed by atoms with E-state index in [1.54, 1.807) is 11.9 Å². The summed E-state index contributed by atoms with van der Waals surface area (Å²) in [6, 6.07) is 0. The van der Waals surface area contributed by atoms with Crippen molar-refractivity contribution in [3.05, 3.63) is 11.9 Å². The summed E-state index contributed by atoms with van der Waals surface area (Å²) in [5, 5.41) is 11.8. The van der Waals surface area contributed by atoms with Crippen molar-refractivity contribution in [2.45, 2.75) is 18.4 Å². The number of aromatic carboxylic acids is 1. The molecule has 0 aromatic carbocycles. The van der Waals surface area contributed by atoms with E-state index in [0.717, 1.165) is 12.8 Å². The van der Waals surface area contributed by atoms with E-state index in [2.05, 4.69) is 10.3 Å². The Balaban J connectivity index is 2.16. The van der Waals surface area contributed by atoms with Crippen molar-refractivity contribution in [1.29, 1.82) is 0 Å². The highest BCUT2D eigenvalue weighted by atomic mass is 16.4. The van der Waals surface area contributed by atoms with Crippen LogP contribution in [-0.2, 0) is 4.79 Å². The molecular weight excluding hydrogens is 210 g/mol. The van der Waals surface area contributed by atoms with Gasteiger partial charge in [-0.05, 0) is 12.8 Å². The van der Waals surface area contributed by atoms with Crippen LogP contribution in [0.15, 0.2) is 6.20 Å². The van der Waals surface area contributed by atoms with E-state index in [0.29, 0.717) is 11.4 Å². The number of likely N-dealkylation sites (N-methyl/N-ethyl adjacent to an activating group) is 1. The van der Waals surface area contributed by atoms with Crippen LogP contribution in [0.2, 0.25) is 0 Å². The van der Waals surface area contributed by atoms with Crippen LogP contribution < -0.4 is 10.2 Å². The number of rotatable bonds is 1. The summed E-state index contributed by atoms with van der Waals surface area (Å²) in [6.07, 6.45) is 3.07. The van der Waals surface area contributed by atoms with Crippen LogP contribution in [0.1, 0.15) is 23.3 Å². The Morgan fingerprint density at radius 1 is 1.56 bits per heavy atom. The van der Waals surface area contributed by atoms with E-state index >= 15 is 0 Å². The van der Waals surface area contributed by atoms with Gasteiger partial charge in [0.25, 0.3) is 0 Å². The molecule has 2 heterocycles. The first-order chi connectivity index (χ1) is 7.56. The number of nitrogens with one attached hydrogen (secondary N) is 2. The first-order valence-electron chi connectivity index (χ1n) is 5.06. The first-order valence-corrected chi connectivity index (χ1v) is 5.06. The Hall–Kier alpha value is -1.98. The van der Waals surface area contributed by atoms with Crippen molar-refractivity contribution in [2.75, 3.05) is 17.3 Å². The van der Waals surface area contributed by atoms with Gasteiger partial charge in [0, 0.05) is 13.2 Å². The number of anilines is 2. The number of aromatic amines is 1. The molecule has 0 saturated heterocycles. The number of H-pyrrole nitrogens is 1. The number of carboxylic acids is 1. The number of amides is 1. The first kappa shape index (κ1) is 9.26. The number of aromatic nitrogens is 1. The number of hydrogen-bond acceptors (Lipinski definition) is 3. The molecule has 0 atom stereocenters. The second-order valence-corrected chi connectivity index (χ2v) is 4.28. The maximum absolute atomic E-state index is 11.8. The minimum Gasteiger partial charge on any atom is -0.477 e. The molecule has 6 nitrogen and oxygen atoms in total. The molecule has 3 N–H and O–H groups in total. The normalized spacial score (nSPS) is 20.6. The smallest absolute Gasteiger partial charge is 0.354 e. The fourth-order valence-electron chi connectivity index (χ4n) is 2.31. The molecule has 1 aliphatic heterocycles. The van der Waals surface area contributed by atoms with Crippen LogP contribution in [0.3, 0.4) is 0 Å². The molecule has 1 fully saturated rings. The minimum atomic E-state index is -1.01. The molecule has 1 amide bonds. The highest BCUT2D eigenvalue weighted by Crippen LogP contribution is 2.50. The lowest BCUT2D eigenvalue weighted by molar-refractivity contribution is -0.118. The van der Waals surface area contributed by atoms with E-state index in [1.807, 2.05) is 0 Å². The molecular formula is C10H11N3O3. The zero-order valence-corrected chi connectivity index (χ0v) is 8.70. The maximum atomic E-state index is 11.8. The van der Waals surface area contributed by atoms with Gasteiger partial charge in [-0.25, -0.2) is 4.79 Å². The minimum absolute atomic E-state index is 0.0431. The summed E-state index contributed by atoms with van der Waals surface area (Å²) in [4.78, 5) is 27.3. The van der Waals surface area contributed by atoms with Crippen LogP contribution in [0, 0.1) is 0 Å². The Kier molecular flexibility index (Phi) is 1.49. The second kappa shape index (κ2) is 2.58. The average molecular weight is 221 g/mol. The molecule has 2 aliphatic rings. The predicted octanol–water partition coefficient (Wildman–Crippen LogP) is 0.634. The van der Waals surface area contributed by atoms with Gasteiger partial charge in [0.2, 0.25) is 5.91 Å². The van der Waals surface area contributed by atoms with E-state index in [4.69, 9.17) is 5.11 Å². The summed E-state index contributed by atoms with van der Waals surface area (Å²) in [6.45, 7) is 0. The van der Waals surface area contributed by atoms with E-state index in [9.17, 15) is 9.59 Å². The molecule has 0 bridgehead atoms. The van der Waals surface area contributed by atoms with Gasteiger partial charge in [0.1, 0.15) is 5.54 Å². The molecule has 1 aliphatic carbocycles. The Morgan fingerprint density at radius 2 is 2.25 bits per heavy atom. The third-order valence-corrected chi connectivity index (χ3v) is 3.44. The van der Waals surface area contributed by atoms with Gasteiger partial charge in [0.05, 0.1) is 11.4 Å². The van der Waals surface area contributed by atoms with Crippen LogP contribution in [0.4, 0.5) is 11.4 Å². The van der Waals surface area contributed by atoms with Crippen molar-refractivity contribution in [3.8, 4) is 0 Å². The van der Waals surface area contributed by atoms with Gasteiger partial charge in [-0.2, -0.15) is 0 Å². The van der Waals surface area contributed by atoms with Gasteiger partial charge >= 0.3 is 5.97 Å². The van der Waals surface area contributed by atoms with Gasteiger partial charge in [-0.1, -0.05) is 0 Å².